The van der Waals surface area contributed by atoms with Gasteiger partial charge in [-0.1, -0.05) is 6.92 Å². The van der Waals surface area contributed by atoms with Crippen LogP contribution in [0.15, 0.2) is 45.9 Å². The summed E-state index contributed by atoms with van der Waals surface area (Å²) < 4.78 is 42.1. The molecule has 0 saturated carbocycles. The van der Waals surface area contributed by atoms with Crippen molar-refractivity contribution in [1.82, 2.24) is 10.6 Å². The van der Waals surface area contributed by atoms with Gasteiger partial charge in [-0.3, -0.25) is 9.59 Å². The Morgan fingerprint density at radius 3 is 2.57 bits per heavy atom. The van der Waals surface area contributed by atoms with Crippen LogP contribution in [0.5, 0.6) is 11.5 Å². The fraction of sp³-hybridized carbons (Fsp3) is 0.333. The Balaban J connectivity index is 1.82. The van der Waals surface area contributed by atoms with Gasteiger partial charge in [0, 0.05) is 19.2 Å². The zero-order valence-corrected chi connectivity index (χ0v) is 16.0. The number of amides is 2. The molecule has 2 heterocycles. The van der Waals surface area contributed by atoms with E-state index in [1.165, 1.54) is 30.5 Å². The summed E-state index contributed by atoms with van der Waals surface area (Å²) in [7, 11) is -3.96. The molecule has 1 aromatic heterocycles. The highest BCUT2D eigenvalue weighted by atomic mass is 32.2. The molecule has 0 spiro atoms. The Kier molecular flexibility index (Phi) is 5.88. The van der Waals surface area contributed by atoms with Gasteiger partial charge in [-0.05, 0) is 30.7 Å². The number of hydrogen-bond donors (Lipinski definition) is 2. The first-order valence-electron chi connectivity index (χ1n) is 8.66. The van der Waals surface area contributed by atoms with Crippen LogP contribution in [0.25, 0.3) is 0 Å². The van der Waals surface area contributed by atoms with Crippen LogP contribution in [0.3, 0.4) is 0 Å². The number of carbonyl (C=O) groups excluding carboxylic acids is 2. The summed E-state index contributed by atoms with van der Waals surface area (Å²) in [6.07, 6.45) is 2.01. The molecule has 1 aliphatic rings. The van der Waals surface area contributed by atoms with Gasteiger partial charge >= 0.3 is 11.8 Å². The van der Waals surface area contributed by atoms with Gasteiger partial charge in [0.05, 0.1) is 11.2 Å². The molecule has 9 nitrogen and oxygen atoms in total. The number of ether oxygens (including phenoxy) is 2. The minimum Gasteiger partial charge on any atom is -0.468 e. The normalized spacial score (nSPS) is 13.8. The van der Waals surface area contributed by atoms with Crippen LogP contribution in [-0.2, 0) is 19.4 Å². The standard InChI is InChI=1S/C18H20N2O7S/c1-2-7-19-17(21)18(22)20-10-16(14-4-3-8-25-14)28(23,24)12-5-6-13-15(9-12)27-11-26-13/h3-6,8-9,16H,2,7,10-11H2,1H3,(H,19,21)(H,20,22)/t16-/m0/s1. The van der Waals surface area contributed by atoms with E-state index >= 15 is 0 Å². The monoisotopic (exact) mass is 408 g/mol. The van der Waals surface area contributed by atoms with E-state index in [9.17, 15) is 18.0 Å². The van der Waals surface area contributed by atoms with Crippen molar-refractivity contribution in [2.45, 2.75) is 23.5 Å². The van der Waals surface area contributed by atoms with Crippen molar-refractivity contribution in [2.75, 3.05) is 19.9 Å². The maximum Gasteiger partial charge on any atom is 0.309 e. The molecule has 1 atom stereocenters. The van der Waals surface area contributed by atoms with Gasteiger partial charge < -0.3 is 24.5 Å². The molecule has 1 aliphatic heterocycles. The molecule has 0 unspecified atom stereocenters. The van der Waals surface area contributed by atoms with Gasteiger partial charge in [-0.25, -0.2) is 8.42 Å². The topological polar surface area (TPSA) is 124 Å². The smallest absolute Gasteiger partial charge is 0.309 e. The third kappa shape index (κ3) is 4.11. The summed E-state index contributed by atoms with van der Waals surface area (Å²) in [4.78, 5) is 23.7. The number of sulfone groups is 1. The molecule has 2 amide bonds. The zero-order valence-electron chi connectivity index (χ0n) is 15.1. The van der Waals surface area contributed by atoms with Crippen LogP contribution in [0.2, 0.25) is 0 Å². The summed E-state index contributed by atoms with van der Waals surface area (Å²) in [6, 6.07) is 7.31. The van der Waals surface area contributed by atoms with E-state index in [-0.39, 0.29) is 24.0 Å². The molecular weight excluding hydrogens is 388 g/mol. The summed E-state index contributed by atoms with van der Waals surface area (Å²) in [6.45, 7) is 1.89. The fourth-order valence-corrected chi connectivity index (χ4v) is 4.24. The summed E-state index contributed by atoms with van der Waals surface area (Å²) >= 11 is 0. The van der Waals surface area contributed by atoms with E-state index in [2.05, 4.69) is 10.6 Å². The fourth-order valence-electron chi connectivity index (χ4n) is 2.64. The lowest BCUT2D eigenvalue weighted by Gasteiger charge is -2.17. The first kappa shape index (κ1) is 19.7. The molecule has 28 heavy (non-hydrogen) atoms. The maximum atomic E-state index is 13.2. The van der Waals surface area contributed by atoms with Crippen molar-refractivity contribution in [3.8, 4) is 11.5 Å². The third-order valence-corrected chi connectivity index (χ3v) is 6.16. The van der Waals surface area contributed by atoms with Crippen molar-refractivity contribution < 1.29 is 31.9 Å². The van der Waals surface area contributed by atoms with E-state index in [0.29, 0.717) is 24.5 Å². The van der Waals surface area contributed by atoms with Gasteiger partial charge in [-0.2, -0.15) is 0 Å². The minimum absolute atomic E-state index is 0.0113. The van der Waals surface area contributed by atoms with Crippen LogP contribution in [0, 0.1) is 0 Å². The molecular formula is C18H20N2O7S. The van der Waals surface area contributed by atoms with Crippen molar-refractivity contribution in [2.24, 2.45) is 0 Å². The van der Waals surface area contributed by atoms with Crippen LogP contribution in [0.4, 0.5) is 0 Å². The highest BCUT2D eigenvalue weighted by Gasteiger charge is 2.33. The van der Waals surface area contributed by atoms with E-state index in [1.807, 2.05) is 6.92 Å². The highest BCUT2D eigenvalue weighted by Crippen LogP contribution is 2.37. The molecule has 150 valence electrons. The number of furan rings is 1. The zero-order chi connectivity index (χ0) is 20.1. The Labute approximate surface area is 161 Å². The van der Waals surface area contributed by atoms with Crippen molar-refractivity contribution in [3.63, 3.8) is 0 Å². The molecule has 0 aliphatic carbocycles. The van der Waals surface area contributed by atoms with Gasteiger partial charge in [-0.15, -0.1) is 0 Å². The molecule has 2 aromatic rings. The summed E-state index contributed by atoms with van der Waals surface area (Å²) in [5.41, 5.74) is 0. The Morgan fingerprint density at radius 1 is 1.11 bits per heavy atom. The first-order chi connectivity index (χ1) is 13.4. The number of fused-ring (bicyclic) bond motifs is 1. The molecule has 10 heteroatoms. The van der Waals surface area contributed by atoms with Crippen molar-refractivity contribution in [3.05, 3.63) is 42.4 Å². The average molecular weight is 408 g/mol. The van der Waals surface area contributed by atoms with Gasteiger partial charge in [0.15, 0.2) is 21.3 Å². The van der Waals surface area contributed by atoms with Crippen LogP contribution in [-0.4, -0.2) is 40.1 Å². The quantitative estimate of drug-likeness (QED) is 0.659. The predicted octanol–water partition coefficient (Wildman–Crippen LogP) is 1.17. The van der Waals surface area contributed by atoms with Gasteiger partial charge in [0.1, 0.15) is 11.0 Å². The van der Waals surface area contributed by atoms with E-state index in [0.717, 1.165) is 0 Å². The first-order valence-corrected chi connectivity index (χ1v) is 10.2. The number of hydrogen-bond acceptors (Lipinski definition) is 7. The molecule has 0 radical (unpaired) electrons. The van der Waals surface area contributed by atoms with E-state index < -0.39 is 26.9 Å². The molecule has 2 N–H and O–H groups in total. The predicted molar refractivity (Wildman–Crippen MR) is 97.5 cm³/mol. The molecule has 1 aromatic carbocycles. The van der Waals surface area contributed by atoms with Gasteiger partial charge in [0.25, 0.3) is 0 Å². The second kappa shape index (κ2) is 8.34. The average Bonchev–Trinajstić information content (AvgIpc) is 3.36. The third-order valence-electron chi connectivity index (χ3n) is 4.10. The lowest BCUT2D eigenvalue weighted by Crippen LogP contribution is -2.42. The van der Waals surface area contributed by atoms with Crippen molar-refractivity contribution in [1.29, 1.82) is 0 Å². The number of nitrogens with one attached hydrogen (secondary N) is 2. The maximum absolute atomic E-state index is 13.2. The van der Waals surface area contributed by atoms with Crippen LogP contribution >= 0.6 is 0 Å². The second-order valence-electron chi connectivity index (χ2n) is 6.03. The lowest BCUT2D eigenvalue weighted by molar-refractivity contribution is -0.139. The molecule has 0 fully saturated rings. The second-order valence-corrected chi connectivity index (χ2v) is 8.16. The van der Waals surface area contributed by atoms with E-state index in [4.69, 9.17) is 13.9 Å². The Morgan fingerprint density at radius 2 is 1.86 bits per heavy atom. The summed E-state index contributed by atoms with van der Waals surface area (Å²) in [5.74, 6) is -0.810. The molecule has 0 saturated heterocycles. The lowest BCUT2D eigenvalue weighted by atomic mass is 10.3. The molecule has 0 bridgehead atoms. The van der Waals surface area contributed by atoms with Gasteiger partial charge in [0.2, 0.25) is 6.79 Å². The SMILES string of the molecule is CCCNC(=O)C(=O)NC[C@@H](c1ccco1)S(=O)(=O)c1ccc2c(c1)OCO2. The largest absolute Gasteiger partial charge is 0.468 e. The number of benzene rings is 1. The summed E-state index contributed by atoms with van der Waals surface area (Å²) in [5, 5.41) is 3.58. The number of carbonyl (C=O) groups is 2. The van der Waals surface area contributed by atoms with Crippen LogP contribution in [0.1, 0.15) is 24.4 Å². The van der Waals surface area contributed by atoms with Crippen LogP contribution < -0.4 is 20.1 Å². The Bertz CT molecular complexity index is 954. The van der Waals surface area contributed by atoms with Crippen molar-refractivity contribution >= 4 is 21.7 Å². The highest BCUT2D eigenvalue weighted by molar-refractivity contribution is 7.91. The minimum atomic E-state index is -3.96. The Hall–Kier alpha value is -3.01. The van der Waals surface area contributed by atoms with E-state index in [1.54, 1.807) is 6.07 Å². The molecule has 3 rings (SSSR count). The number of rotatable bonds is 7.